The molecule has 21 heavy (non-hydrogen) atoms. The molecule has 0 aliphatic heterocycles. The maximum absolute atomic E-state index is 12.1. The summed E-state index contributed by atoms with van der Waals surface area (Å²) in [5, 5.41) is 4.57. The van der Waals surface area contributed by atoms with Gasteiger partial charge in [-0.25, -0.2) is 9.59 Å². The largest absolute Gasteiger partial charge is 0.352 e. The van der Waals surface area contributed by atoms with Crippen LogP contribution in [0.25, 0.3) is 0 Å². The van der Waals surface area contributed by atoms with E-state index in [-0.39, 0.29) is 22.8 Å². The number of carbonyl (C=O) groups is 2. The maximum Gasteiger partial charge on any atom is 0.352 e. The summed E-state index contributed by atoms with van der Waals surface area (Å²) in [4.78, 5) is 33.9. The van der Waals surface area contributed by atoms with Gasteiger partial charge in [-0.2, -0.15) is 0 Å². The first-order valence-electron chi connectivity index (χ1n) is 8.22. The molecule has 0 unspecified atom stereocenters. The van der Waals surface area contributed by atoms with Crippen LogP contribution in [-0.2, 0) is 24.4 Å². The van der Waals surface area contributed by atoms with Crippen molar-refractivity contribution in [1.82, 2.24) is 0 Å². The van der Waals surface area contributed by atoms with Crippen LogP contribution in [0.4, 0.5) is 0 Å². The van der Waals surface area contributed by atoms with Crippen molar-refractivity contribution in [3.05, 3.63) is 0 Å². The number of carbonyl (C=O) groups excluding carboxylic acids is 2. The Bertz CT molecular complexity index is 413. The second kappa shape index (κ2) is 4.70. The van der Waals surface area contributed by atoms with Gasteiger partial charge < -0.3 is 0 Å². The molecule has 4 fully saturated rings. The Morgan fingerprint density at radius 3 is 1.38 bits per heavy atom. The first kappa shape index (κ1) is 13.6. The monoisotopic (exact) mass is 294 g/mol. The minimum atomic E-state index is -0.374. The van der Waals surface area contributed by atoms with Crippen LogP contribution in [0, 0.1) is 22.7 Å². The van der Waals surface area contributed by atoms with Crippen molar-refractivity contribution in [2.45, 2.75) is 64.2 Å². The molecule has 4 saturated carbocycles. The molecule has 0 saturated heterocycles. The summed E-state index contributed by atoms with van der Waals surface area (Å²) < 4.78 is 0. The van der Waals surface area contributed by atoms with Crippen molar-refractivity contribution in [2.75, 3.05) is 0 Å². The van der Waals surface area contributed by atoms with E-state index < -0.39 is 0 Å². The second-order valence-electron chi connectivity index (χ2n) is 7.67. The van der Waals surface area contributed by atoms with Crippen molar-refractivity contribution >= 4 is 11.9 Å². The highest BCUT2D eigenvalue weighted by Gasteiger charge is 2.53. The van der Waals surface area contributed by atoms with Gasteiger partial charge in [0.25, 0.3) is 0 Å². The highest BCUT2D eigenvalue weighted by atomic mass is 17.5. The Morgan fingerprint density at radius 2 is 1.10 bits per heavy atom. The highest BCUT2D eigenvalue weighted by Crippen LogP contribution is 2.55. The molecule has 0 atom stereocenters. The molecule has 0 heterocycles. The fourth-order valence-corrected chi connectivity index (χ4v) is 5.21. The van der Waals surface area contributed by atoms with Crippen molar-refractivity contribution in [3.8, 4) is 0 Å². The van der Waals surface area contributed by atoms with Crippen LogP contribution in [0.15, 0.2) is 0 Å². The van der Waals surface area contributed by atoms with Crippen LogP contribution in [0.2, 0.25) is 0 Å². The maximum atomic E-state index is 12.1. The summed E-state index contributed by atoms with van der Waals surface area (Å²) >= 11 is 0. The SMILES string of the molecule is O=C(OOOC(=O)C12CCC(CC1)C2)C12CCC(CC1)C2. The molecule has 5 heteroatoms. The molecular formula is C16H22O5. The molecule has 0 amide bonds. The van der Waals surface area contributed by atoms with Crippen molar-refractivity contribution in [1.29, 1.82) is 0 Å². The van der Waals surface area contributed by atoms with Crippen molar-refractivity contribution in [2.24, 2.45) is 22.7 Å². The van der Waals surface area contributed by atoms with Crippen LogP contribution in [0.5, 0.6) is 0 Å². The topological polar surface area (TPSA) is 61.8 Å². The predicted octanol–water partition coefficient (Wildman–Crippen LogP) is 3.08. The van der Waals surface area contributed by atoms with Gasteiger partial charge in [0.05, 0.1) is 10.8 Å². The molecule has 0 radical (unpaired) electrons. The molecule has 4 aliphatic rings. The molecule has 5 nitrogen and oxygen atoms in total. The molecule has 116 valence electrons. The zero-order chi connectivity index (χ0) is 14.5. The lowest BCUT2D eigenvalue weighted by Gasteiger charge is -2.24. The zero-order valence-corrected chi connectivity index (χ0v) is 12.3. The lowest BCUT2D eigenvalue weighted by atomic mass is 9.84. The van der Waals surface area contributed by atoms with Gasteiger partial charge in [0.1, 0.15) is 0 Å². The van der Waals surface area contributed by atoms with Gasteiger partial charge in [-0.15, -0.1) is 0 Å². The van der Waals surface area contributed by atoms with Gasteiger partial charge in [0.2, 0.25) is 0 Å². The standard InChI is InChI=1S/C16H22O5/c17-13(15-5-1-11(9-15)2-6-15)19-21-20-14(18)16-7-3-12(10-16)4-8-16/h11-12H,1-10H2. The number of hydrogen-bond acceptors (Lipinski definition) is 5. The van der Waals surface area contributed by atoms with Gasteiger partial charge in [-0.1, -0.05) is 0 Å². The minimum Gasteiger partial charge on any atom is -0.259 e. The normalized spacial score (nSPS) is 43.2. The van der Waals surface area contributed by atoms with E-state index in [9.17, 15) is 9.59 Å². The third-order valence-electron chi connectivity index (χ3n) is 6.57. The molecule has 0 N–H and O–H groups in total. The van der Waals surface area contributed by atoms with E-state index in [1.54, 1.807) is 0 Å². The Hall–Kier alpha value is -1.10. The molecular weight excluding hydrogens is 272 g/mol. The van der Waals surface area contributed by atoms with E-state index in [4.69, 9.17) is 9.78 Å². The van der Waals surface area contributed by atoms with E-state index in [1.807, 2.05) is 0 Å². The summed E-state index contributed by atoms with van der Waals surface area (Å²) in [6, 6.07) is 0. The van der Waals surface area contributed by atoms with E-state index in [2.05, 4.69) is 5.04 Å². The fourth-order valence-electron chi connectivity index (χ4n) is 5.21. The Kier molecular flexibility index (Phi) is 3.03. The van der Waals surface area contributed by atoms with E-state index in [0.717, 1.165) is 64.2 Å². The van der Waals surface area contributed by atoms with E-state index >= 15 is 0 Å². The Morgan fingerprint density at radius 1 is 0.714 bits per heavy atom. The molecule has 4 aliphatic carbocycles. The Balaban J connectivity index is 1.28. The van der Waals surface area contributed by atoms with Crippen molar-refractivity contribution in [3.63, 3.8) is 0 Å². The highest BCUT2D eigenvalue weighted by molar-refractivity contribution is 5.78. The minimum absolute atomic E-state index is 0.358. The van der Waals surface area contributed by atoms with Crippen LogP contribution in [0.1, 0.15) is 64.2 Å². The molecule has 0 aromatic rings. The summed E-state index contributed by atoms with van der Waals surface area (Å²) in [5.74, 6) is 0.604. The van der Waals surface area contributed by atoms with Gasteiger partial charge >= 0.3 is 11.9 Å². The quantitative estimate of drug-likeness (QED) is 0.589. The van der Waals surface area contributed by atoms with E-state index in [1.165, 1.54) is 0 Å². The summed E-state index contributed by atoms with van der Waals surface area (Å²) in [6.45, 7) is 0. The third-order valence-corrected chi connectivity index (χ3v) is 6.57. The molecule has 0 aromatic carbocycles. The van der Waals surface area contributed by atoms with Gasteiger partial charge in [0, 0.05) is 5.04 Å². The first-order chi connectivity index (χ1) is 10.1. The summed E-state index contributed by atoms with van der Waals surface area (Å²) in [6.07, 6.45) is 9.68. The fraction of sp³-hybridized carbons (Fsp3) is 0.875. The van der Waals surface area contributed by atoms with Crippen molar-refractivity contribution < 1.29 is 24.4 Å². The lowest BCUT2D eigenvalue weighted by molar-refractivity contribution is -0.464. The van der Waals surface area contributed by atoms with Gasteiger partial charge in [0.15, 0.2) is 0 Å². The lowest BCUT2D eigenvalue weighted by Crippen LogP contribution is -2.31. The molecule has 4 bridgehead atoms. The van der Waals surface area contributed by atoms with Gasteiger partial charge in [-0.3, -0.25) is 9.78 Å². The average molecular weight is 294 g/mol. The second-order valence-corrected chi connectivity index (χ2v) is 7.67. The molecule has 4 rings (SSSR count). The van der Waals surface area contributed by atoms with Crippen LogP contribution >= 0.6 is 0 Å². The van der Waals surface area contributed by atoms with Crippen LogP contribution in [0.3, 0.4) is 0 Å². The van der Waals surface area contributed by atoms with E-state index in [0.29, 0.717) is 11.8 Å². The summed E-state index contributed by atoms with van der Waals surface area (Å²) in [7, 11) is 0. The third kappa shape index (κ3) is 2.08. The average Bonchev–Trinajstić information content (AvgIpc) is 3.27. The number of rotatable bonds is 4. The van der Waals surface area contributed by atoms with Crippen LogP contribution < -0.4 is 0 Å². The zero-order valence-electron chi connectivity index (χ0n) is 12.3. The summed E-state index contributed by atoms with van der Waals surface area (Å²) in [5.41, 5.74) is -0.748. The van der Waals surface area contributed by atoms with Gasteiger partial charge in [-0.05, 0) is 76.0 Å². The first-order valence-corrected chi connectivity index (χ1v) is 8.22. The predicted molar refractivity (Wildman–Crippen MR) is 71.3 cm³/mol. The van der Waals surface area contributed by atoms with Crippen LogP contribution in [-0.4, -0.2) is 11.9 Å². The number of fused-ring (bicyclic) bond motifs is 4. The molecule has 0 aromatic heterocycles. The smallest absolute Gasteiger partial charge is 0.259 e. The number of hydrogen-bond donors (Lipinski definition) is 0. The molecule has 0 spiro atoms. The Labute approximate surface area is 124 Å².